The molecule has 2 aliphatic rings. The number of carbonyl (C=O) groups excluding carboxylic acids is 2. The van der Waals surface area contributed by atoms with Crippen LogP contribution >= 0.6 is 0 Å². The molecule has 0 bridgehead atoms. The third kappa shape index (κ3) is 2.55. The maximum Gasteiger partial charge on any atom is 0.262 e. The quantitative estimate of drug-likeness (QED) is 0.877. The number of ether oxygens (including phenoxy) is 1. The summed E-state index contributed by atoms with van der Waals surface area (Å²) in [6.45, 7) is 0.660. The summed E-state index contributed by atoms with van der Waals surface area (Å²) in [6.07, 6.45) is 4.23. The number of hydrogen-bond donors (Lipinski definition) is 2. The highest BCUT2D eigenvalue weighted by atomic mass is 16.5. The molecule has 2 amide bonds. The molecule has 124 valence electrons. The predicted octanol–water partition coefficient (Wildman–Crippen LogP) is 0.968. The SMILES string of the molecule is Cn1cc(N2CCC(Nc3ccc4c(c3)OCC(=O)N4)C2=O)cn1. The molecule has 0 saturated carbocycles. The van der Waals surface area contributed by atoms with E-state index in [1.165, 1.54) is 0 Å². The van der Waals surface area contributed by atoms with Crippen molar-refractivity contribution >= 4 is 28.9 Å². The molecule has 2 aliphatic heterocycles. The van der Waals surface area contributed by atoms with E-state index in [2.05, 4.69) is 15.7 Å². The fourth-order valence-electron chi connectivity index (χ4n) is 2.98. The molecule has 3 heterocycles. The maximum atomic E-state index is 12.6. The lowest BCUT2D eigenvalue weighted by Crippen LogP contribution is -2.33. The molecule has 24 heavy (non-hydrogen) atoms. The number of aromatic nitrogens is 2. The van der Waals surface area contributed by atoms with Crippen LogP contribution in [0.3, 0.4) is 0 Å². The average molecular weight is 327 g/mol. The van der Waals surface area contributed by atoms with Crippen molar-refractivity contribution in [2.75, 3.05) is 28.7 Å². The second-order valence-corrected chi connectivity index (χ2v) is 5.90. The number of anilines is 3. The molecule has 1 unspecified atom stereocenters. The highest BCUT2D eigenvalue weighted by Crippen LogP contribution is 2.31. The largest absolute Gasteiger partial charge is 0.482 e. The van der Waals surface area contributed by atoms with Crippen LogP contribution in [-0.2, 0) is 16.6 Å². The Morgan fingerprint density at radius 3 is 3.04 bits per heavy atom. The predicted molar refractivity (Wildman–Crippen MR) is 88.2 cm³/mol. The van der Waals surface area contributed by atoms with E-state index in [1.807, 2.05) is 19.3 Å². The molecule has 1 atom stereocenters. The normalized spacial score (nSPS) is 19.7. The number of nitrogens with one attached hydrogen (secondary N) is 2. The molecule has 1 aromatic heterocycles. The molecule has 2 N–H and O–H groups in total. The summed E-state index contributed by atoms with van der Waals surface area (Å²) in [7, 11) is 1.83. The van der Waals surface area contributed by atoms with Crippen LogP contribution in [-0.4, -0.2) is 40.8 Å². The number of amides is 2. The average Bonchev–Trinajstić information content (AvgIpc) is 3.14. The summed E-state index contributed by atoms with van der Waals surface area (Å²) < 4.78 is 7.08. The molecular formula is C16H17N5O3. The van der Waals surface area contributed by atoms with Gasteiger partial charge in [-0.15, -0.1) is 0 Å². The van der Waals surface area contributed by atoms with E-state index in [1.54, 1.807) is 27.9 Å². The lowest BCUT2D eigenvalue weighted by Gasteiger charge is -2.20. The van der Waals surface area contributed by atoms with Gasteiger partial charge in [0.15, 0.2) is 6.61 Å². The van der Waals surface area contributed by atoms with Crippen LogP contribution in [0.2, 0.25) is 0 Å². The van der Waals surface area contributed by atoms with Gasteiger partial charge >= 0.3 is 0 Å². The number of rotatable bonds is 3. The van der Waals surface area contributed by atoms with E-state index in [0.29, 0.717) is 24.4 Å². The van der Waals surface area contributed by atoms with Crippen molar-refractivity contribution in [2.24, 2.45) is 7.05 Å². The van der Waals surface area contributed by atoms with Gasteiger partial charge in [0.25, 0.3) is 5.91 Å². The third-order valence-corrected chi connectivity index (χ3v) is 4.16. The summed E-state index contributed by atoms with van der Waals surface area (Å²) >= 11 is 0. The third-order valence-electron chi connectivity index (χ3n) is 4.16. The molecule has 8 nitrogen and oxygen atoms in total. The highest BCUT2D eigenvalue weighted by Gasteiger charge is 2.33. The smallest absolute Gasteiger partial charge is 0.262 e. The Balaban J connectivity index is 1.48. The Morgan fingerprint density at radius 1 is 1.38 bits per heavy atom. The molecule has 2 aromatic rings. The van der Waals surface area contributed by atoms with Gasteiger partial charge < -0.3 is 20.3 Å². The minimum absolute atomic E-state index is 0.00754. The molecule has 4 rings (SSSR count). The van der Waals surface area contributed by atoms with Crippen molar-refractivity contribution < 1.29 is 14.3 Å². The van der Waals surface area contributed by atoms with Crippen molar-refractivity contribution in [1.29, 1.82) is 0 Å². The Labute approximate surface area is 138 Å². The van der Waals surface area contributed by atoms with Gasteiger partial charge in [0.1, 0.15) is 11.8 Å². The Kier molecular flexibility index (Phi) is 3.37. The first-order chi connectivity index (χ1) is 11.6. The van der Waals surface area contributed by atoms with E-state index in [9.17, 15) is 9.59 Å². The molecule has 0 radical (unpaired) electrons. The van der Waals surface area contributed by atoms with E-state index >= 15 is 0 Å². The number of carbonyl (C=O) groups is 2. The molecule has 1 aromatic carbocycles. The van der Waals surface area contributed by atoms with Crippen molar-refractivity contribution in [3.63, 3.8) is 0 Å². The fraction of sp³-hybridized carbons (Fsp3) is 0.312. The Morgan fingerprint density at radius 2 is 2.25 bits per heavy atom. The lowest BCUT2D eigenvalue weighted by atomic mass is 10.2. The van der Waals surface area contributed by atoms with Crippen molar-refractivity contribution in [1.82, 2.24) is 9.78 Å². The van der Waals surface area contributed by atoms with Crippen molar-refractivity contribution in [3.05, 3.63) is 30.6 Å². The minimum Gasteiger partial charge on any atom is -0.482 e. The van der Waals surface area contributed by atoms with Crippen LogP contribution in [0, 0.1) is 0 Å². The van der Waals surface area contributed by atoms with Gasteiger partial charge in [0, 0.05) is 31.5 Å². The molecule has 0 aliphatic carbocycles. The van der Waals surface area contributed by atoms with E-state index in [0.717, 1.165) is 11.4 Å². The van der Waals surface area contributed by atoms with Gasteiger partial charge in [0.05, 0.1) is 17.6 Å². The van der Waals surface area contributed by atoms with Crippen LogP contribution in [0.5, 0.6) is 5.75 Å². The van der Waals surface area contributed by atoms with E-state index in [4.69, 9.17) is 4.74 Å². The maximum absolute atomic E-state index is 12.6. The second kappa shape index (κ2) is 5.55. The van der Waals surface area contributed by atoms with Crippen LogP contribution in [0.4, 0.5) is 17.1 Å². The van der Waals surface area contributed by atoms with Crippen LogP contribution in [0.15, 0.2) is 30.6 Å². The van der Waals surface area contributed by atoms with Crippen LogP contribution in [0.1, 0.15) is 6.42 Å². The van der Waals surface area contributed by atoms with E-state index < -0.39 is 0 Å². The molecule has 1 fully saturated rings. The van der Waals surface area contributed by atoms with Crippen LogP contribution in [0.25, 0.3) is 0 Å². The summed E-state index contributed by atoms with van der Waals surface area (Å²) in [5.74, 6) is 0.463. The van der Waals surface area contributed by atoms with Crippen LogP contribution < -0.4 is 20.3 Å². The zero-order valence-corrected chi connectivity index (χ0v) is 13.2. The number of aryl methyl sites for hydroxylation is 1. The van der Waals surface area contributed by atoms with Gasteiger partial charge in [-0.2, -0.15) is 5.10 Å². The first-order valence-electron chi connectivity index (χ1n) is 7.73. The fourth-order valence-corrected chi connectivity index (χ4v) is 2.98. The number of nitrogens with zero attached hydrogens (tertiary/aromatic N) is 3. The topological polar surface area (TPSA) is 88.5 Å². The Bertz CT molecular complexity index is 816. The summed E-state index contributed by atoms with van der Waals surface area (Å²) in [5, 5.41) is 10.1. The molecule has 0 spiro atoms. The standard InChI is InChI=1S/C16H17N5O3/c1-20-8-11(7-17-20)21-5-4-13(16(21)23)18-10-2-3-12-14(6-10)24-9-15(22)19-12/h2-3,6-8,13,18H,4-5,9H2,1H3,(H,19,22). The van der Waals surface area contributed by atoms with Gasteiger partial charge in [-0.05, 0) is 18.6 Å². The summed E-state index contributed by atoms with van der Waals surface area (Å²) in [5.41, 5.74) is 2.24. The minimum atomic E-state index is -0.290. The Hall–Kier alpha value is -3.03. The first-order valence-corrected chi connectivity index (χ1v) is 7.73. The first kappa shape index (κ1) is 14.6. The van der Waals surface area contributed by atoms with Crippen molar-refractivity contribution in [3.8, 4) is 5.75 Å². The monoisotopic (exact) mass is 327 g/mol. The number of benzene rings is 1. The van der Waals surface area contributed by atoms with Gasteiger partial charge in [-0.1, -0.05) is 0 Å². The summed E-state index contributed by atoms with van der Waals surface area (Å²) in [4.78, 5) is 25.6. The number of hydrogen-bond acceptors (Lipinski definition) is 5. The zero-order valence-electron chi connectivity index (χ0n) is 13.2. The highest BCUT2D eigenvalue weighted by molar-refractivity contribution is 6.01. The second-order valence-electron chi connectivity index (χ2n) is 5.90. The van der Waals surface area contributed by atoms with Gasteiger partial charge in [-0.25, -0.2) is 0 Å². The molecule has 8 heteroatoms. The van der Waals surface area contributed by atoms with E-state index in [-0.39, 0.29) is 24.5 Å². The van der Waals surface area contributed by atoms with Gasteiger partial charge in [0.2, 0.25) is 5.91 Å². The zero-order chi connectivity index (χ0) is 16.7. The van der Waals surface area contributed by atoms with Gasteiger partial charge in [-0.3, -0.25) is 14.3 Å². The van der Waals surface area contributed by atoms with Crippen molar-refractivity contribution in [2.45, 2.75) is 12.5 Å². The molecular weight excluding hydrogens is 310 g/mol. The summed E-state index contributed by atoms with van der Waals surface area (Å²) in [6, 6.07) is 5.11. The number of fused-ring (bicyclic) bond motifs is 1. The lowest BCUT2D eigenvalue weighted by molar-refractivity contribution is -0.119. The molecule has 1 saturated heterocycles.